The van der Waals surface area contributed by atoms with Crippen molar-refractivity contribution in [3.05, 3.63) is 54.1 Å². The second-order valence-corrected chi connectivity index (χ2v) is 8.37. The summed E-state index contributed by atoms with van der Waals surface area (Å²) in [5.74, 6) is -0.889. The highest BCUT2D eigenvalue weighted by atomic mass is 19.4. The highest BCUT2D eigenvalue weighted by Crippen LogP contribution is 2.41. The number of carbonyl (C=O) groups excluding carboxylic acids is 1. The Balaban J connectivity index is 1.70. The number of methoxy groups -OCH3 is 1. The Bertz CT molecular complexity index is 908. The van der Waals surface area contributed by atoms with Gasteiger partial charge in [-0.25, -0.2) is 0 Å². The van der Waals surface area contributed by atoms with Gasteiger partial charge in [0.1, 0.15) is 5.75 Å². The third kappa shape index (κ3) is 4.50. The molecule has 2 aromatic carbocycles. The number of benzene rings is 2. The van der Waals surface area contributed by atoms with Gasteiger partial charge in [-0.15, -0.1) is 0 Å². The molecule has 1 amide bonds. The number of nitrogens with zero attached hydrogens (tertiary/aromatic N) is 1. The molecule has 1 N–H and O–H groups in total. The minimum Gasteiger partial charge on any atom is -0.497 e. The number of anilines is 2. The zero-order valence-electron chi connectivity index (χ0n) is 17.5. The van der Waals surface area contributed by atoms with Gasteiger partial charge >= 0.3 is 12.1 Å². The minimum absolute atomic E-state index is 0.193. The van der Waals surface area contributed by atoms with Crippen LogP contribution in [0, 0.1) is 5.92 Å². The maximum atomic E-state index is 13.6. The Labute approximate surface area is 180 Å². The van der Waals surface area contributed by atoms with Crippen LogP contribution in [0.2, 0.25) is 0 Å². The van der Waals surface area contributed by atoms with E-state index >= 15 is 0 Å². The Morgan fingerprint density at radius 1 is 1.06 bits per heavy atom. The summed E-state index contributed by atoms with van der Waals surface area (Å²) in [5, 5.41) is 3.50. The zero-order valence-corrected chi connectivity index (χ0v) is 17.5. The molecular weight excluding hydrogens is 405 g/mol. The number of alkyl halides is 3. The van der Waals surface area contributed by atoms with Crippen LogP contribution < -0.4 is 15.0 Å². The fourth-order valence-electron chi connectivity index (χ4n) is 5.00. The first-order valence-corrected chi connectivity index (χ1v) is 10.8. The van der Waals surface area contributed by atoms with Crippen LogP contribution in [0.5, 0.6) is 5.75 Å². The predicted molar refractivity (Wildman–Crippen MR) is 114 cm³/mol. The van der Waals surface area contributed by atoms with E-state index in [9.17, 15) is 18.0 Å². The molecule has 2 aliphatic rings. The molecule has 0 bridgehead atoms. The van der Waals surface area contributed by atoms with Gasteiger partial charge in [-0.2, -0.15) is 13.2 Å². The molecule has 1 fully saturated rings. The molecule has 4 rings (SSSR count). The van der Waals surface area contributed by atoms with Crippen LogP contribution in [0.4, 0.5) is 24.5 Å². The number of nitrogens with one attached hydrogen (secondary N) is 1. The van der Waals surface area contributed by atoms with Gasteiger partial charge in [-0.05, 0) is 61.1 Å². The highest BCUT2D eigenvalue weighted by molar-refractivity contribution is 6.00. The van der Waals surface area contributed by atoms with Crippen molar-refractivity contribution in [2.24, 2.45) is 5.92 Å². The SMILES string of the molecule is COc1ccc(N[C@H](C2CCCCC2)[C@@H]2Cc3ccccc3N2C(=O)C(F)(F)F)cc1. The van der Waals surface area contributed by atoms with E-state index < -0.39 is 18.1 Å². The van der Waals surface area contributed by atoms with Crippen LogP contribution >= 0.6 is 0 Å². The molecule has 4 nitrogen and oxygen atoms in total. The van der Waals surface area contributed by atoms with Gasteiger partial charge in [0.15, 0.2) is 0 Å². The van der Waals surface area contributed by atoms with Gasteiger partial charge in [-0.1, -0.05) is 37.5 Å². The summed E-state index contributed by atoms with van der Waals surface area (Å²) in [5.41, 5.74) is 1.96. The summed E-state index contributed by atoms with van der Waals surface area (Å²) in [6, 6.07) is 13.4. The van der Waals surface area contributed by atoms with E-state index in [0.29, 0.717) is 17.9 Å². The van der Waals surface area contributed by atoms with Gasteiger partial charge in [0.2, 0.25) is 0 Å². The number of ether oxygens (including phenoxy) is 1. The molecule has 0 unspecified atom stereocenters. The van der Waals surface area contributed by atoms with Crippen LogP contribution in [-0.4, -0.2) is 31.3 Å². The number of amides is 1. The second-order valence-electron chi connectivity index (χ2n) is 8.37. The number of hydrogen-bond acceptors (Lipinski definition) is 3. The summed E-state index contributed by atoms with van der Waals surface area (Å²) in [6.07, 6.45) is 0.608. The number of rotatable bonds is 5. The normalized spacial score (nSPS) is 20.3. The standard InChI is InChI=1S/C24H27F3N2O2/c1-31-19-13-11-18(12-14-19)28-22(16-7-3-2-4-8-16)21-15-17-9-5-6-10-20(17)29(21)23(30)24(25,26)27/h5-6,9-14,16,21-22,28H,2-4,7-8,15H2,1H3/t21-,22+/m0/s1. The van der Waals surface area contributed by atoms with Crippen molar-refractivity contribution in [2.75, 3.05) is 17.3 Å². The third-order valence-corrected chi connectivity index (χ3v) is 6.47. The average Bonchev–Trinajstić information content (AvgIpc) is 3.16. The molecule has 0 aromatic heterocycles. The molecule has 31 heavy (non-hydrogen) atoms. The summed E-state index contributed by atoms with van der Waals surface area (Å²) in [6.45, 7) is 0. The van der Waals surface area contributed by atoms with Gasteiger partial charge < -0.3 is 10.1 Å². The van der Waals surface area contributed by atoms with Gasteiger partial charge in [0.05, 0.1) is 19.2 Å². The zero-order chi connectivity index (χ0) is 22.0. The predicted octanol–water partition coefficient (Wildman–Crippen LogP) is 5.58. The number of carbonyl (C=O) groups is 1. The van der Waals surface area contributed by atoms with E-state index in [4.69, 9.17) is 4.74 Å². The van der Waals surface area contributed by atoms with Crippen molar-refractivity contribution in [1.82, 2.24) is 0 Å². The fraction of sp³-hybridized carbons (Fsp3) is 0.458. The second kappa shape index (κ2) is 8.81. The van der Waals surface area contributed by atoms with E-state index in [1.165, 1.54) is 0 Å². The monoisotopic (exact) mass is 432 g/mol. The lowest BCUT2D eigenvalue weighted by molar-refractivity contribution is -0.171. The molecule has 0 spiro atoms. The number of fused-ring (bicyclic) bond motifs is 1. The smallest absolute Gasteiger partial charge is 0.471 e. The molecule has 1 aliphatic carbocycles. The summed E-state index contributed by atoms with van der Waals surface area (Å²) >= 11 is 0. The molecule has 0 radical (unpaired) electrons. The van der Waals surface area contributed by atoms with Gasteiger partial charge in [0, 0.05) is 11.4 Å². The first-order valence-electron chi connectivity index (χ1n) is 10.8. The van der Waals surface area contributed by atoms with E-state index in [2.05, 4.69) is 5.32 Å². The molecule has 2 aromatic rings. The van der Waals surface area contributed by atoms with Crippen molar-refractivity contribution in [3.8, 4) is 5.75 Å². The van der Waals surface area contributed by atoms with Crippen LogP contribution in [0.1, 0.15) is 37.7 Å². The summed E-state index contributed by atoms with van der Waals surface area (Å²) in [4.78, 5) is 13.5. The topological polar surface area (TPSA) is 41.6 Å². The molecular formula is C24H27F3N2O2. The maximum Gasteiger partial charge on any atom is 0.471 e. The Morgan fingerprint density at radius 2 is 1.74 bits per heavy atom. The van der Waals surface area contributed by atoms with Crippen molar-refractivity contribution in [1.29, 1.82) is 0 Å². The minimum atomic E-state index is -4.92. The first-order chi connectivity index (χ1) is 14.9. The average molecular weight is 432 g/mol. The van der Waals surface area contributed by atoms with E-state index in [1.54, 1.807) is 19.2 Å². The molecule has 1 aliphatic heterocycles. The lowest BCUT2D eigenvalue weighted by atomic mass is 9.80. The lowest BCUT2D eigenvalue weighted by Crippen LogP contribution is -2.54. The fourth-order valence-corrected chi connectivity index (χ4v) is 5.00. The number of halogens is 3. The van der Waals surface area contributed by atoms with Crippen LogP contribution in [0.25, 0.3) is 0 Å². The quantitative estimate of drug-likeness (QED) is 0.671. The Hall–Kier alpha value is -2.70. The number of hydrogen-bond donors (Lipinski definition) is 1. The van der Waals surface area contributed by atoms with Crippen molar-refractivity contribution < 1.29 is 22.7 Å². The molecule has 2 atom stereocenters. The lowest BCUT2D eigenvalue weighted by Gasteiger charge is -2.39. The highest BCUT2D eigenvalue weighted by Gasteiger charge is 2.50. The van der Waals surface area contributed by atoms with Crippen molar-refractivity contribution in [2.45, 2.75) is 56.8 Å². The van der Waals surface area contributed by atoms with E-state index in [-0.39, 0.29) is 12.0 Å². The van der Waals surface area contributed by atoms with E-state index in [0.717, 1.165) is 48.3 Å². The van der Waals surface area contributed by atoms with Crippen LogP contribution in [0.3, 0.4) is 0 Å². The Kier molecular flexibility index (Phi) is 6.12. The van der Waals surface area contributed by atoms with Gasteiger partial charge in [0.25, 0.3) is 0 Å². The first kappa shape index (κ1) is 21.5. The molecule has 1 heterocycles. The van der Waals surface area contributed by atoms with Crippen molar-refractivity contribution >= 4 is 17.3 Å². The maximum absolute atomic E-state index is 13.6. The molecule has 166 valence electrons. The molecule has 7 heteroatoms. The van der Waals surface area contributed by atoms with E-state index in [1.807, 2.05) is 36.4 Å². The number of para-hydroxylation sites is 1. The Morgan fingerprint density at radius 3 is 2.39 bits per heavy atom. The molecule has 0 saturated heterocycles. The van der Waals surface area contributed by atoms with Crippen molar-refractivity contribution in [3.63, 3.8) is 0 Å². The summed E-state index contributed by atoms with van der Waals surface area (Å²) < 4.78 is 45.9. The molecule has 1 saturated carbocycles. The third-order valence-electron chi connectivity index (χ3n) is 6.47. The summed E-state index contributed by atoms with van der Waals surface area (Å²) in [7, 11) is 1.59. The van der Waals surface area contributed by atoms with Gasteiger partial charge in [-0.3, -0.25) is 9.69 Å². The van der Waals surface area contributed by atoms with Crippen LogP contribution in [-0.2, 0) is 11.2 Å². The van der Waals surface area contributed by atoms with Crippen LogP contribution in [0.15, 0.2) is 48.5 Å². The largest absolute Gasteiger partial charge is 0.497 e.